The largest absolute Gasteiger partial charge is 0.480 e. The summed E-state index contributed by atoms with van der Waals surface area (Å²) in [6.07, 6.45) is 0.376. The van der Waals surface area contributed by atoms with E-state index in [9.17, 15) is 14.7 Å². The van der Waals surface area contributed by atoms with Gasteiger partial charge < -0.3 is 15.2 Å². The van der Waals surface area contributed by atoms with E-state index in [0.29, 0.717) is 0 Å². The number of carbonyl (C=O) groups excluding carboxylic acids is 1. The highest BCUT2D eigenvalue weighted by atomic mass is 16.6. The van der Waals surface area contributed by atoms with E-state index in [2.05, 4.69) is 12.2 Å². The minimum absolute atomic E-state index is 0.186. The van der Waals surface area contributed by atoms with Gasteiger partial charge >= 0.3 is 12.1 Å². The molecule has 0 aliphatic carbocycles. The van der Waals surface area contributed by atoms with E-state index >= 15 is 0 Å². The van der Waals surface area contributed by atoms with Crippen molar-refractivity contribution < 1.29 is 19.4 Å². The van der Waals surface area contributed by atoms with Crippen molar-refractivity contribution in [3.63, 3.8) is 0 Å². The Labute approximate surface area is 131 Å². The number of aryl methyl sites for hydroxylation is 1. The van der Waals surface area contributed by atoms with Crippen molar-refractivity contribution in [1.29, 1.82) is 0 Å². The molecular weight excluding hydrogens is 282 g/mol. The zero-order valence-corrected chi connectivity index (χ0v) is 13.9. The molecule has 0 bridgehead atoms. The van der Waals surface area contributed by atoms with E-state index in [4.69, 9.17) is 4.74 Å². The van der Waals surface area contributed by atoms with Crippen molar-refractivity contribution in [3.8, 4) is 0 Å². The first-order valence-corrected chi connectivity index (χ1v) is 7.38. The second kappa shape index (κ2) is 6.81. The van der Waals surface area contributed by atoms with Gasteiger partial charge in [-0.3, -0.25) is 0 Å². The number of ether oxygens (including phenoxy) is 1. The van der Waals surface area contributed by atoms with Gasteiger partial charge in [-0.1, -0.05) is 31.2 Å². The van der Waals surface area contributed by atoms with Gasteiger partial charge in [0.2, 0.25) is 0 Å². The van der Waals surface area contributed by atoms with Crippen molar-refractivity contribution in [2.75, 3.05) is 0 Å². The normalized spacial score (nSPS) is 14.0. The van der Waals surface area contributed by atoms with Gasteiger partial charge in [0.05, 0.1) is 0 Å². The molecule has 0 unspecified atom stereocenters. The fraction of sp³-hybridized carbons (Fsp3) is 0.529. The molecule has 1 atom stereocenters. The van der Waals surface area contributed by atoms with E-state index in [-0.39, 0.29) is 6.42 Å². The van der Waals surface area contributed by atoms with Gasteiger partial charge in [-0.25, -0.2) is 9.59 Å². The lowest BCUT2D eigenvalue weighted by Crippen LogP contribution is -2.54. The molecule has 5 nitrogen and oxygen atoms in total. The summed E-state index contributed by atoms with van der Waals surface area (Å²) in [5.74, 6) is -1.10. The lowest BCUT2D eigenvalue weighted by Gasteiger charge is -2.28. The van der Waals surface area contributed by atoms with E-state index in [1.54, 1.807) is 20.8 Å². The van der Waals surface area contributed by atoms with Gasteiger partial charge in [0.25, 0.3) is 0 Å². The lowest BCUT2D eigenvalue weighted by atomic mass is 9.92. The fourth-order valence-corrected chi connectivity index (χ4v) is 2.00. The van der Waals surface area contributed by atoms with Crippen LogP contribution in [0.4, 0.5) is 4.79 Å². The summed E-state index contributed by atoms with van der Waals surface area (Å²) < 4.78 is 5.14. The molecule has 0 aliphatic rings. The molecular formula is C17H25NO4. The van der Waals surface area contributed by atoms with Crippen LogP contribution in [0.5, 0.6) is 0 Å². The molecule has 0 radical (unpaired) electrons. The first-order chi connectivity index (χ1) is 10.1. The zero-order valence-electron chi connectivity index (χ0n) is 13.9. The van der Waals surface area contributed by atoms with Crippen LogP contribution in [0.3, 0.4) is 0 Å². The second-order valence-electron chi connectivity index (χ2n) is 6.61. The average Bonchev–Trinajstić information content (AvgIpc) is 2.36. The van der Waals surface area contributed by atoms with Crippen LogP contribution >= 0.6 is 0 Å². The Morgan fingerprint density at radius 1 is 1.09 bits per heavy atom. The van der Waals surface area contributed by atoms with Crippen molar-refractivity contribution >= 4 is 12.1 Å². The van der Waals surface area contributed by atoms with Crippen LogP contribution in [0.15, 0.2) is 24.3 Å². The molecule has 122 valence electrons. The van der Waals surface area contributed by atoms with Crippen LogP contribution in [0, 0.1) is 0 Å². The smallest absolute Gasteiger partial charge is 0.408 e. The number of alkyl carbamates (subject to hydrolysis) is 1. The Bertz CT molecular complexity index is 531. The molecule has 1 amide bonds. The molecule has 0 aromatic heterocycles. The minimum atomic E-state index is -1.42. The molecule has 1 aromatic rings. The molecule has 2 N–H and O–H groups in total. The maximum Gasteiger partial charge on any atom is 0.408 e. The van der Waals surface area contributed by atoms with Crippen molar-refractivity contribution in [2.24, 2.45) is 0 Å². The second-order valence-corrected chi connectivity index (χ2v) is 6.61. The number of aliphatic carboxylic acids is 1. The van der Waals surface area contributed by atoms with Crippen LogP contribution in [0.1, 0.15) is 45.7 Å². The monoisotopic (exact) mass is 307 g/mol. The third-order valence-corrected chi connectivity index (χ3v) is 3.24. The topological polar surface area (TPSA) is 75.6 Å². The van der Waals surface area contributed by atoms with Gasteiger partial charge in [0.15, 0.2) is 0 Å². The number of hydrogen-bond acceptors (Lipinski definition) is 3. The SMILES string of the molecule is CCc1ccc(C[C@@](C)(NC(=O)OC(C)(C)C)C(=O)O)cc1. The highest BCUT2D eigenvalue weighted by Gasteiger charge is 2.36. The standard InChI is InChI=1S/C17H25NO4/c1-6-12-7-9-13(10-8-12)11-17(5,14(19)20)18-15(21)22-16(2,3)4/h7-10H,6,11H2,1-5H3,(H,18,21)(H,19,20)/t17-/m1/s1. The molecule has 0 saturated heterocycles. The number of carbonyl (C=O) groups is 2. The van der Waals surface area contributed by atoms with Crippen molar-refractivity contribution in [2.45, 2.75) is 58.6 Å². The molecule has 0 aliphatic heterocycles. The van der Waals surface area contributed by atoms with Gasteiger partial charge in [-0.15, -0.1) is 0 Å². The van der Waals surface area contributed by atoms with E-state index in [0.717, 1.165) is 12.0 Å². The maximum absolute atomic E-state index is 11.9. The predicted molar refractivity (Wildman–Crippen MR) is 84.9 cm³/mol. The van der Waals surface area contributed by atoms with E-state index in [1.165, 1.54) is 12.5 Å². The number of nitrogens with one attached hydrogen (secondary N) is 1. The molecule has 1 rings (SSSR count). The van der Waals surface area contributed by atoms with Gasteiger partial charge in [-0.2, -0.15) is 0 Å². The molecule has 0 saturated carbocycles. The molecule has 22 heavy (non-hydrogen) atoms. The number of hydrogen-bond donors (Lipinski definition) is 2. The summed E-state index contributed by atoms with van der Waals surface area (Å²) in [4.78, 5) is 23.5. The number of benzene rings is 1. The summed E-state index contributed by atoms with van der Waals surface area (Å²) in [5, 5.41) is 11.9. The molecule has 0 fully saturated rings. The van der Waals surface area contributed by atoms with Gasteiger partial charge in [0.1, 0.15) is 11.1 Å². The Balaban J connectivity index is 2.86. The minimum Gasteiger partial charge on any atom is -0.480 e. The van der Waals surface area contributed by atoms with Crippen LogP contribution in [-0.2, 0) is 22.4 Å². The van der Waals surface area contributed by atoms with Crippen LogP contribution < -0.4 is 5.32 Å². The van der Waals surface area contributed by atoms with Gasteiger partial charge in [-0.05, 0) is 45.2 Å². The third kappa shape index (κ3) is 5.39. The third-order valence-electron chi connectivity index (χ3n) is 3.24. The lowest BCUT2D eigenvalue weighted by molar-refractivity contribution is -0.144. The summed E-state index contributed by atoms with van der Waals surface area (Å²) in [6.45, 7) is 8.73. The van der Waals surface area contributed by atoms with E-state index in [1.807, 2.05) is 24.3 Å². The first-order valence-electron chi connectivity index (χ1n) is 7.38. The summed E-state index contributed by atoms with van der Waals surface area (Å²) in [6, 6.07) is 7.70. The summed E-state index contributed by atoms with van der Waals surface area (Å²) in [5.41, 5.74) is -0.0680. The van der Waals surface area contributed by atoms with Crippen molar-refractivity contribution in [3.05, 3.63) is 35.4 Å². The van der Waals surface area contributed by atoms with E-state index < -0.39 is 23.2 Å². The zero-order chi connectivity index (χ0) is 17.0. The van der Waals surface area contributed by atoms with Crippen LogP contribution in [0.25, 0.3) is 0 Å². The average molecular weight is 307 g/mol. The number of rotatable bonds is 5. The Hall–Kier alpha value is -2.04. The molecule has 0 spiro atoms. The van der Waals surface area contributed by atoms with Gasteiger partial charge in [0, 0.05) is 6.42 Å². The number of amides is 1. The summed E-state index contributed by atoms with van der Waals surface area (Å²) in [7, 11) is 0. The maximum atomic E-state index is 11.9. The van der Waals surface area contributed by atoms with Crippen LogP contribution in [0.2, 0.25) is 0 Å². The molecule has 5 heteroatoms. The highest BCUT2D eigenvalue weighted by molar-refractivity contribution is 5.84. The quantitative estimate of drug-likeness (QED) is 0.876. The first kappa shape index (κ1) is 18.0. The predicted octanol–water partition coefficient (Wildman–Crippen LogP) is 3.16. The fourth-order valence-electron chi connectivity index (χ4n) is 2.00. The summed E-state index contributed by atoms with van der Waals surface area (Å²) >= 11 is 0. The van der Waals surface area contributed by atoms with Crippen molar-refractivity contribution in [1.82, 2.24) is 5.32 Å². The molecule has 0 heterocycles. The highest BCUT2D eigenvalue weighted by Crippen LogP contribution is 2.17. The number of carboxylic acid groups (broad SMARTS) is 1. The Kier molecular flexibility index (Phi) is 5.58. The van der Waals surface area contributed by atoms with Crippen LogP contribution in [-0.4, -0.2) is 28.3 Å². The molecule has 1 aromatic carbocycles. The Morgan fingerprint density at radius 3 is 2.00 bits per heavy atom. The number of carboxylic acids is 1. The Morgan fingerprint density at radius 2 is 1.59 bits per heavy atom.